The molecule has 0 spiro atoms. The molecule has 152 valence electrons. The third-order valence-corrected chi connectivity index (χ3v) is 4.64. The Morgan fingerprint density at radius 2 is 1.81 bits per heavy atom. The number of benzene rings is 3. The summed E-state index contributed by atoms with van der Waals surface area (Å²) >= 11 is 0. The van der Waals surface area contributed by atoms with Crippen LogP contribution in [-0.4, -0.2) is 17.2 Å². The average molecular weight is 412 g/mol. The fourth-order valence-corrected chi connectivity index (χ4v) is 3.16. The standard InChI is InChI=1S/C24H16N2O5/c25-13-15-6-8-21(20(10-15)23(27)28)26-24(29)30-14-19-12-18-11-17(7-9-22(18)31-19)16-4-2-1-3-5-16/h1-12H,14H2,(H,26,29)(H,27,28). The van der Waals surface area contributed by atoms with Crippen molar-refractivity contribution in [2.45, 2.75) is 6.61 Å². The van der Waals surface area contributed by atoms with E-state index in [4.69, 9.17) is 14.4 Å². The number of carbonyl (C=O) groups is 2. The minimum atomic E-state index is -1.26. The Kier molecular flexibility index (Phi) is 5.37. The van der Waals surface area contributed by atoms with E-state index in [2.05, 4.69) is 5.32 Å². The van der Waals surface area contributed by atoms with Crippen molar-refractivity contribution in [3.63, 3.8) is 0 Å². The van der Waals surface area contributed by atoms with E-state index in [1.165, 1.54) is 18.2 Å². The summed E-state index contributed by atoms with van der Waals surface area (Å²) in [5.41, 5.74) is 2.80. The molecule has 0 radical (unpaired) electrons. The summed E-state index contributed by atoms with van der Waals surface area (Å²) in [6.45, 7) is -0.125. The minimum absolute atomic E-state index is 0.0357. The smallest absolute Gasteiger partial charge is 0.412 e. The fourth-order valence-electron chi connectivity index (χ4n) is 3.16. The topological polar surface area (TPSA) is 113 Å². The molecule has 4 rings (SSSR count). The Morgan fingerprint density at radius 1 is 1.00 bits per heavy atom. The van der Waals surface area contributed by atoms with Crippen LogP contribution in [0.3, 0.4) is 0 Å². The van der Waals surface area contributed by atoms with Gasteiger partial charge in [0.15, 0.2) is 6.61 Å². The van der Waals surface area contributed by atoms with Crippen LogP contribution in [0, 0.1) is 11.3 Å². The second-order valence-corrected chi connectivity index (χ2v) is 6.71. The average Bonchev–Trinajstić information content (AvgIpc) is 3.20. The monoisotopic (exact) mass is 412 g/mol. The summed E-state index contributed by atoms with van der Waals surface area (Å²) in [7, 11) is 0. The van der Waals surface area contributed by atoms with Crippen LogP contribution in [-0.2, 0) is 11.3 Å². The van der Waals surface area contributed by atoms with E-state index in [1.54, 1.807) is 6.07 Å². The molecule has 0 saturated carbocycles. The highest BCUT2D eigenvalue weighted by molar-refractivity contribution is 5.99. The highest BCUT2D eigenvalue weighted by atomic mass is 16.6. The normalized spacial score (nSPS) is 10.4. The molecule has 1 aromatic heterocycles. The summed E-state index contributed by atoms with van der Waals surface area (Å²) in [5.74, 6) is -0.812. The van der Waals surface area contributed by atoms with E-state index in [0.29, 0.717) is 11.3 Å². The SMILES string of the molecule is N#Cc1ccc(NC(=O)OCc2cc3cc(-c4ccccc4)ccc3o2)c(C(=O)O)c1. The van der Waals surface area contributed by atoms with Gasteiger partial charge in [-0.15, -0.1) is 0 Å². The van der Waals surface area contributed by atoms with Crippen LogP contribution >= 0.6 is 0 Å². The first kappa shape index (κ1) is 19.7. The van der Waals surface area contributed by atoms with E-state index < -0.39 is 12.1 Å². The van der Waals surface area contributed by atoms with Gasteiger partial charge in [-0.3, -0.25) is 5.32 Å². The van der Waals surface area contributed by atoms with Gasteiger partial charge in [0, 0.05) is 5.39 Å². The predicted octanol–water partition coefficient (Wildman–Crippen LogP) is 5.42. The molecule has 1 heterocycles. The number of rotatable bonds is 5. The number of furan rings is 1. The second-order valence-electron chi connectivity index (χ2n) is 6.71. The summed E-state index contributed by atoms with van der Waals surface area (Å²) in [6.07, 6.45) is -0.836. The Bertz CT molecular complexity index is 1320. The lowest BCUT2D eigenvalue weighted by Crippen LogP contribution is -2.16. The minimum Gasteiger partial charge on any atom is -0.478 e. The largest absolute Gasteiger partial charge is 0.478 e. The Balaban J connectivity index is 1.45. The number of hydrogen-bond donors (Lipinski definition) is 2. The Labute approximate surface area is 177 Å². The predicted molar refractivity (Wildman–Crippen MR) is 114 cm³/mol. The first-order chi connectivity index (χ1) is 15.0. The van der Waals surface area contributed by atoms with E-state index >= 15 is 0 Å². The van der Waals surface area contributed by atoms with Crippen LogP contribution in [0.4, 0.5) is 10.5 Å². The maximum Gasteiger partial charge on any atom is 0.412 e. The van der Waals surface area contributed by atoms with Gasteiger partial charge in [-0.1, -0.05) is 36.4 Å². The highest BCUT2D eigenvalue weighted by Crippen LogP contribution is 2.27. The van der Waals surface area contributed by atoms with Crippen LogP contribution in [0.25, 0.3) is 22.1 Å². The molecule has 0 aliphatic rings. The molecule has 1 amide bonds. The first-order valence-electron chi connectivity index (χ1n) is 9.32. The lowest BCUT2D eigenvalue weighted by molar-refractivity contribution is 0.0698. The fraction of sp³-hybridized carbons (Fsp3) is 0.0417. The number of amides is 1. The van der Waals surface area contributed by atoms with E-state index in [-0.39, 0.29) is 23.4 Å². The van der Waals surface area contributed by atoms with Gasteiger partial charge in [0.05, 0.1) is 22.9 Å². The lowest BCUT2D eigenvalue weighted by Gasteiger charge is -2.08. The molecule has 0 unspecified atom stereocenters. The summed E-state index contributed by atoms with van der Waals surface area (Å²) < 4.78 is 10.9. The van der Waals surface area contributed by atoms with Gasteiger partial charge in [0.25, 0.3) is 0 Å². The molecule has 0 atom stereocenters. The summed E-state index contributed by atoms with van der Waals surface area (Å²) in [4.78, 5) is 23.5. The van der Waals surface area contributed by atoms with Crippen LogP contribution in [0.5, 0.6) is 0 Å². The molecule has 7 heteroatoms. The van der Waals surface area contributed by atoms with Gasteiger partial charge in [-0.2, -0.15) is 5.26 Å². The molecule has 0 aliphatic heterocycles. The lowest BCUT2D eigenvalue weighted by atomic mass is 10.0. The molecule has 3 aromatic carbocycles. The quantitative estimate of drug-likeness (QED) is 0.453. The van der Waals surface area contributed by atoms with Crippen molar-refractivity contribution in [2.75, 3.05) is 5.32 Å². The molecular formula is C24H16N2O5. The first-order valence-corrected chi connectivity index (χ1v) is 9.32. The third-order valence-electron chi connectivity index (χ3n) is 4.64. The molecule has 0 fully saturated rings. The van der Waals surface area contributed by atoms with Crippen molar-refractivity contribution >= 4 is 28.7 Å². The van der Waals surface area contributed by atoms with Crippen LogP contribution in [0.1, 0.15) is 21.7 Å². The van der Waals surface area contributed by atoms with Crippen molar-refractivity contribution < 1.29 is 23.8 Å². The number of aromatic carboxylic acids is 1. The van der Waals surface area contributed by atoms with Gasteiger partial charge in [-0.25, -0.2) is 9.59 Å². The van der Waals surface area contributed by atoms with Crippen LogP contribution < -0.4 is 5.32 Å². The molecular weight excluding hydrogens is 396 g/mol. The van der Waals surface area contributed by atoms with Crippen molar-refractivity contribution in [1.29, 1.82) is 5.26 Å². The van der Waals surface area contributed by atoms with Gasteiger partial charge in [0.2, 0.25) is 0 Å². The molecule has 31 heavy (non-hydrogen) atoms. The van der Waals surface area contributed by atoms with Crippen molar-refractivity contribution in [2.24, 2.45) is 0 Å². The molecule has 0 bridgehead atoms. The number of ether oxygens (including phenoxy) is 1. The Hall–Kier alpha value is -4.57. The van der Waals surface area contributed by atoms with Crippen LogP contribution in [0.2, 0.25) is 0 Å². The number of nitrogens with one attached hydrogen (secondary N) is 1. The van der Waals surface area contributed by atoms with Gasteiger partial charge in [0.1, 0.15) is 11.3 Å². The van der Waals surface area contributed by atoms with Gasteiger partial charge >= 0.3 is 12.1 Å². The number of nitrogens with zero attached hydrogens (tertiary/aromatic N) is 1. The maximum absolute atomic E-state index is 12.1. The number of carbonyl (C=O) groups excluding carboxylic acids is 1. The number of carboxylic acids is 1. The van der Waals surface area contributed by atoms with Gasteiger partial charge in [-0.05, 0) is 47.5 Å². The number of hydrogen-bond acceptors (Lipinski definition) is 5. The van der Waals surface area contributed by atoms with Crippen LogP contribution in [0.15, 0.2) is 77.2 Å². The molecule has 0 aliphatic carbocycles. The van der Waals surface area contributed by atoms with E-state index in [9.17, 15) is 14.7 Å². The third kappa shape index (κ3) is 4.38. The zero-order valence-corrected chi connectivity index (χ0v) is 16.2. The number of carboxylic acid groups (broad SMARTS) is 1. The molecule has 4 aromatic rings. The molecule has 0 saturated heterocycles. The summed E-state index contributed by atoms with van der Waals surface area (Å²) in [5, 5.41) is 21.4. The molecule has 7 nitrogen and oxygen atoms in total. The second kappa shape index (κ2) is 8.43. The van der Waals surface area contributed by atoms with E-state index in [0.717, 1.165) is 16.5 Å². The molecule has 2 N–H and O–H groups in total. The number of anilines is 1. The number of nitriles is 1. The van der Waals surface area contributed by atoms with Gasteiger partial charge < -0.3 is 14.3 Å². The summed E-state index contributed by atoms with van der Waals surface area (Å²) in [6, 6.07) is 23.3. The van der Waals surface area contributed by atoms with E-state index in [1.807, 2.05) is 54.6 Å². The zero-order valence-electron chi connectivity index (χ0n) is 16.2. The Morgan fingerprint density at radius 3 is 2.55 bits per heavy atom. The van der Waals surface area contributed by atoms with Crippen molar-refractivity contribution in [3.05, 3.63) is 89.7 Å². The highest BCUT2D eigenvalue weighted by Gasteiger charge is 2.15. The van der Waals surface area contributed by atoms with Crippen molar-refractivity contribution in [1.82, 2.24) is 0 Å². The zero-order chi connectivity index (χ0) is 21.8. The maximum atomic E-state index is 12.1. The van der Waals surface area contributed by atoms with Crippen molar-refractivity contribution in [3.8, 4) is 17.2 Å². The number of fused-ring (bicyclic) bond motifs is 1.